The van der Waals surface area contributed by atoms with Gasteiger partial charge in [0, 0.05) is 30.2 Å². The Hall–Kier alpha value is -0.120. The van der Waals surface area contributed by atoms with Gasteiger partial charge in [0.1, 0.15) is 0 Å². The second-order valence-electron chi connectivity index (χ2n) is 7.88. The number of fused-ring (bicyclic) bond motifs is 2. The van der Waals surface area contributed by atoms with Gasteiger partial charge in [0.05, 0.1) is 0 Å². The summed E-state index contributed by atoms with van der Waals surface area (Å²) in [5.74, 6) is 0. The van der Waals surface area contributed by atoms with Crippen molar-refractivity contribution in [1.29, 1.82) is 0 Å². The summed E-state index contributed by atoms with van der Waals surface area (Å²) in [6.07, 6.45) is 13.9. The van der Waals surface area contributed by atoms with Crippen LogP contribution in [0.2, 0.25) is 0 Å². The van der Waals surface area contributed by atoms with Crippen LogP contribution >= 0.6 is 0 Å². The van der Waals surface area contributed by atoms with Gasteiger partial charge in [0.2, 0.25) is 0 Å². The summed E-state index contributed by atoms with van der Waals surface area (Å²) in [7, 11) is 2.35. The first-order chi connectivity index (χ1) is 10.2. The molecule has 0 aromatic carbocycles. The molecule has 3 nitrogen and oxygen atoms in total. The van der Waals surface area contributed by atoms with Gasteiger partial charge < -0.3 is 15.5 Å². The van der Waals surface area contributed by atoms with Crippen LogP contribution in [-0.2, 0) is 0 Å². The molecule has 2 bridgehead atoms. The van der Waals surface area contributed by atoms with Crippen LogP contribution in [-0.4, -0.2) is 48.7 Å². The molecule has 0 aromatic heterocycles. The Labute approximate surface area is 131 Å². The minimum Gasteiger partial charge on any atom is -0.314 e. The van der Waals surface area contributed by atoms with E-state index < -0.39 is 0 Å². The van der Waals surface area contributed by atoms with Crippen LogP contribution in [0.25, 0.3) is 0 Å². The number of nitrogens with zero attached hydrogens (tertiary/aromatic N) is 1. The number of nitrogens with one attached hydrogen (secondary N) is 2. The van der Waals surface area contributed by atoms with Gasteiger partial charge in [-0.1, -0.05) is 19.3 Å². The maximum absolute atomic E-state index is 3.97. The molecular formula is C18H35N3. The molecule has 122 valence electrons. The summed E-state index contributed by atoms with van der Waals surface area (Å²) < 4.78 is 0. The molecule has 3 aliphatic heterocycles. The van der Waals surface area contributed by atoms with E-state index in [1.165, 1.54) is 70.8 Å². The van der Waals surface area contributed by atoms with Crippen molar-refractivity contribution < 1.29 is 0 Å². The molecular weight excluding hydrogens is 258 g/mol. The summed E-state index contributed by atoms with van der Waals surface area (Å²) in [5.41, 5.74) is 0. The van der Waals surface area contributed by atoms with Gasteiger partial charge in [-0.3, -0.25) is 0 Å². The molecule has 21 heavy (non-hydrogen) atoms. The van der Waals surface area contributed by atoms with Crippen molar-refractivity contribution in [3.63, 3.8) is 0 Å². The number of hydrogen-bond donors (Lipinski definition) is 2. The maximum Gasteiger partial charge on any atom is 0.0110 e. The second kappa shape index (κ2) is 7.43. The maximum atomic E-state index is 3.97. The summed E-state index contributed by atoms with van der Waals surface area (Å²) >= 11 is 0. The molecule has 0 spiro atoms. The highest BCUT2D eigenvalue weighted by atomic mass is 15.2. The molecule has 4 atom stereocenters. The van der Waals surface area contributed by atoms with Crippen LogP contribution in [0.5, 0.6) is 0 Å². The van der Waals surface area contributed by atoms with E-state index in [-0.39, 0.29) is 0 Å². The first-order valence-electron chi connectivity index (χ1n) is 9.43. The SMILES string of the molecule is CC(CC1CCCCCN1)NC1CC2CCCC(C1)N2C. The Kier molecular flexibility index (Phi) is 5.58. The monoisotopic (exact) mass is 293 g/mol. The molecule has 4 unspecified atom stereocenters. The third kappa shape index (κ3) is 4.20. The van der Waals surface area contributed by atoms with Crippen molar-refractivity contribution in [2.75, 3.05) is 13.6 Å². The highest BCUT2D eigenvalue weighted by Crippen LogP contribution is 2.32. The normalized spacial score (nSPS) is 39.7. The minimum absolute atomic E-state index is 0.662. The molecule has 3 fully saturated rings. The van der Waals surface area contributed by atoms with Crippen molar-refractivity contribution in [2.45, 2.75) is 101 Å². The zero-order valence-electron chi connectivity index (χ0n) is 14.1. The molecule has 2 N–H and O–H groups in total. The summed E-state index contributed by atoms with van der Waals surface area (Å²) in [4.78, 5) is 2.67. The highest BCUT2D eigenvalue weighted by molar-refractivity contribution is 4.94. The van der Waals surface area contributed by atoms with Crippen molar-refractivity contribution in [3.05, 3.63) is 0 Å². The van der Waals surface area contributed by atoms with Gasteiger partial charge >= 0.3 is 0 Å². The van der Waals surface area contributed by atoms with E-state index in [9.17, 15) is 0 Å². The smallest absolute Gasteiger partial charge is 0.0110 e. The average Bonchev–Trinajstić information content (AvgIpc) is 2.68. The Morgan fingerprint density at radius 3 is 2.57 bits per heavy atom. The molecule has 0 radical (unpaired) electrons. The van der Waals surface area contributed by atoms with Crippen molar-refractivity contribution >= 4 is 0 Å². The molecule has 3 aliphatic rings. The van der Waals surface area contributed by atoms with Gasteiger partial charge in [0.15, 0.2) is 0 Å². The van der Waals surface area contributed by atoms with E-state index in [2.05, 4.69) is 29.5 Å². The first kappa shape index (κ1) is 15.8. The van der Waals surface area contributed by atoms with Gasteiger partial charge in [-0.2, -0.15) is 0 Å². The van der Waals surface area contributed by atoms with Gasteiger partial charge in [-0.15, -0.1) is 0 Å². The van der Waals surface area contributed by atoms with Crippen LogP contribution in [0.4, 0.5) is 0 Å². The van der Waals surface area contributed by atoms with E-state index in [4.69, 9.17) is 0 Å². The molecule has 0 saturated carbocycles. The van der Waals surface area contributed by atoms with E-state index in [1.807, 2.05) is 0 Å². The van der Waals surface area contributed by atoms with Gasteiger partial charge in [-0.05, 0) is 65.5 Å². The third-order valence-corrected chi connectivity index (χ3v) is 6.16. The molecule has 3 heterocycles. The number of piperidine rings is 2. The largest absolute Gasteiger partial charge is 0.314 e. The third-order valence-electron chi connectivity index (χ3n) is 6.16. The van der Waals surface area contributed by atoms with Crippen LogP contribution in [0.3, 0.4) is 0 Å². The van der Waals surface area contributed by atoms with E-state index in [0.717, 1.165) is 24.2 Å². The lowest BCUT2D eigenvalue weighted by molar-refractivity contribution is 0.0457. The Balaban J connectivity index is 1.45. The van der Waals surface area contributed by atoms with E-state index in [1.54, 1.807) is 0 Å². The molecule has 3 heteroatoms. The van der Waals surface area contributed by atoms with E-state index >= 15 is 0 Å². The Morgan fingerprint density at radius 2 is 1.81 bits per heavy atom. The average molecular weight is 293 g/mol. The lowest BCUT2D eigenvalue weighted by Crippen LogP contribution is -2.56. The fraction of sp³-hybridized carbons (Fsp3) is 1.00. The van der Waals surface area contributed by atoms with Crippen molar-refractivity contribution in [2.24, 2.45) is 0 Å². The fourth-order valence-electron chi connectivity index (χ4n) is 4.95. The zero-order chi connectivity index (χ0) is 14.7. The summed E-state index contributed by atoms with van der Waals surface area (Å²) in [6.45, 7) is 3.64. The van der Waals surface area contributed by atoms with Crippen LogP contribution < -0.4 is 10.6 Å². The second-order valence-corrected chi connectivity index (χ2v) is 7.88. The lowest BCUT2D eigenvalue weighted by atomic mass is 9.82. The molecule has 0 aliphatic carbocycles. The van der Waals surface area contributed by atoms with Crippen LogP contribution in [0.1, 0.15) is 71.1 Å². The minimum atomic E-state index is 0.662. The standard InChI is InChI=1S/C18H35N3/c1-14(11-15-7-4-3-5-10-19-15)20-16-12-17-8-6-9-18(13-16)21(17)2/h14-20H,3-13H2,1-2H3. The predicted molar refractivity (Wildman–Crippen MR) is 89.7 cm³/mol. The van der Waals surface area contributed by atoms with E-state index in [0.29, 0.717) is 6.04 Å². The summed E-state index contributed by atoms with van der Waals surface area (Å²) in [6, 6.07) is 3.86. The molecule has 0 aromatic rings. The summed E-state index contributed by atoms with van der Waals surface area (Å²) in [5, 5.41) is 7.72. The first-order valence-corrected chi connectivity index (χ1v) is 9.43. The quantitative estimate of drug-likeness (QED) is 0.834. The van der Waals surface area contributed by atoms with Crippen LogP contribution in [0, 0.1) is 0 Å². The zero-order valence-corrected chi connectivity index (χ0v) is 14.1. The predicted octanol–water partition coefficient (Wildman–Crippen LogP) is 2.90. The van der Waals surface area contributed by atoms with Gasteiger partial charge in [-0.25, -0.2) is 0 Å². The number of hydrogen-bond acceptors (Lipinski definition) is 3. The topological polar surface area (TPSA) is 27.3 Å². The van der Waals surface area contributed by atoms with Gasteiger partial charge in [0.25, 0.3) is 0 Å². The van der Waals surface area contributed by atoms with Crippen LogP contribution in [0.15, 0.2) is 0 Å². The Morgan fingerprint density at radius 1 is 1.05 bits per heavy atom. The highest BCUT2D eigenvalue weighted by Gasteiger charge is 2.36. The lowest BCUT2D eigenvalue weighted by Gasteiger charge is -2.48. The molecule has 3 rings (SSSR count). The fourth-order valence-corrected chi connectivity index (χ4v) is 4.95. The Bertz CT molecular complexity index is 298. The van der Waals surface area contributed by atoms with Crippen molar-refractivity contribution in [3.8, 4) is 0 Å². The number of rotatable bonds is 4. The molecule has 0 amide bonds. The van der Waals surface area contributed by atoms with Crippen molar-refractivity contribution in [1.82, 2.24) is 15.5 Å². The molecule has 3 saturated heterocycles.